The molecule has 3 heteroatoms. The molecule has 2 atom stereocenters. The first-order chi connectivity index (χ1) is 8.51. The number of aryl methyl sites for hydroxylation is 1. The van der Waals surface area contributed by atoms with E-state index in [9.17, 15) is 5.11 Å². The summed E-state index contributed by atoms with van der Waals surface area (Å²) >= 11 is 0. The standard InChI is InChI=1S/C15H25NO2/c1-6-18-13-8-7-11(4)9-12(13)15(17)14(16-5)10(2)3/h7-10,14-17H,6H2,1-5H3. The fourth-order valence-corrected chi connectivity index (χ4v) is 2.24. The molecule has 102 valence electrons. The van der Waals surface area contributed by atoms with Crippen molar-refractivity contribution in [3.05, 3.63) is 29.3 Å². The number of benzene rings is 1. The highest BCUT2D eigenvalue weighted by Gasteiger charge is 2.25. The summed E-state index contributed by atoms with van der Waals surface area (Å²) in [7, 11) is 1.88. The Morgan fingerprint density at radius 3 is 2.50 bits per heavy atom. The van der Waals surface area contributed by atoms with Crippen molar-refractivity contribution >= 4 is 0 Å². The van der Waals surface area contributed by atoms with Crippen LogP contribution in [0, 0.1) is 12.8 Å². The lowest BCUT2D eigenvalue weighted by atomic mass is 9.92. The fraction of sp³-hybridized carbons (Fsp3) is 0.600. The van der Waals surface area contributed by atoms with E-state index >= 15 is 0 Å². The summed E-state index contributed by atoms with van der Waals surface area (Å²) in [5, 5.41) is 13.7. The van der Waals surface area contributed by atoms with Gasteiger partial charge in [0.15, 0.2) is 0 Å². The van der Waals surface area contributed by atoms with Crippen molar-refractivity contribution in [2.75, 3.05) is 13.7 Å². The summed E-state index contributed by atoms with van der Waals surface area (Å²) in [6.07, 6.45) is -0.559. The summed E-state index contributed by atoms with van der Waals surface area (Å²) in [6.45, 7) is 8.78. The average Bonchev–Trinajstić information content (AvgIpc) is 2.32. The highest BCUT2D eigenvalue weighted by molar-refractivity contribution is 5.39. The van der Waals surface area contributed by atoms with Gasteiger partial charge in [-0.05, 0) is 38.9 Å². The summed E-state index contributed by atoms with van der Waals surface area (Å²) in [6, 6.07) is 5.96. The maximum Gasteiger partial charge on any atom is 0.125 e. The third kappa shape index (κ3) is 3.47. The molecule has 0 aromatic heterocycles. The summed E-state index contributed by atoms with van der Waals surface area (Å²) < 4.78 is 5.60. The van der Waals surface area contributed by atoms with Gasteiger partial charge >= 0.3 is 0 Å². The van der Waals surface area contributed by atoms with Crippen LogP contribution in [0.2, 0.25) is 0 Å². The zero-order chi connectivity index (χ0) is 13.7. The molecule has 3 nitrogen and oxygen atoms in total. The van der Waals surface area contributed by atoms with Gasteiger partial charge in [0.25, 0.3) is 0 Å². The Labute approximate surface area is 110 Å². The SMILES string of the molecule is CCOc1ccc(C)cc1C(O)C(NC)C(C)C. The molecular formula is C15H25NO2. The number of ether oxygens (including phenoxy) is 1. The Bertz CT molecular complexity index is 377. The predicted molar refractivity (Wildman–Crippen MR) is 75.0 cm³/mol. The van der Waals surface area contributed by atoms with Gasteiger partial charge in [0.1, 0.15) is 5.75 Å². The van der Waals surface area contributed by atoms with E-state index in [1.54, 1.807) is 0 Å². The van der Waals surface area contributed by atoms with Gasteiger partial charge in [-0.15, -0.1) is 0 Å². The Morgan fingerprint density at radius 2 is 2.00 bits per heavy atom. The van der Waals surface area contributed by atoms with Crippen molar-refractivity contribution in [2.45, 2.75) is 39.8 Å². The van der Waals surface area contributed by atoms with Crippen molar-refractivity contribution in [1.82, 2.24) is 5.32 Å². The summed E-state index contributed by atoms with van der Waals surface area (Å²) in [4.78, 5) is 0. The van der Waals surface area contributed by atoms with E-state index in [1.807, 2.05) is 39.1 Å². The lowest BCUT2D eigenvalue weighted by Gasteiger charge is -2.27. The Morgan fingerprint density at radius 1 is 1.33 bits per heavy atom. The van der Waals surface area contributed by atoms with Gasteiger partial charge in [-0.2, -0.15) is 0 Å². The smallest absolute Gasteiger partial charge is 0.125 e. The monoisotopic (exact) mass is 251 g/mol. The molecule has 0 spiro atoms. The quantitative estimate of drug-likeness (QED) is 0.816. The average molecular weight is 251 g/mol. The highest BCUT2D eigenvalue weighted by Crippen LogP contribution is 2.30. The minimum absolute atomic E-state index is 0.0195. The third-order valence-electron chi connectivity index (χ3n) is 3.18. The molecule has 0 heterocycles. The summed E-state index contributed by atoms with van der Waals surface area (Å²) in [5.41, 5.74) is 2.00. The highest BCUT2D eigenvalue weighted by atomic mass is 16.5. The molecule has 0 aliphatic carbocycles. The molecule has 2 unspecified atom stereocenters. The third-order valence-corrected chi connectivity index (χ3v) is 3.18. The predicted octanol–water partition coefficient (Wildman–Crippen LogP) is 2.67. The molecule has 2 N–H and O–H groups in total. The van der Waals surface area contributed by atoms with Crippen LogP contribution in [0.1, 0.15) is 38.0 Å². The zero-order valence-electron chi connectivity index (χ0n) is 12.0. The number of rotatable bonds is 6. The van der Waals surface area contributed by atoms with Crippen LogP contribution in [0.4, 0.5) is 0 Å². The molecule has 0 aliphatic rings. The lowest BCUT2D eigenvalue weighted by molar-refractivity contribution is 0.106. The van der Waals surface area contributed by atoms with Crippen LogP contribution >= 0.6 is 0 Å². The van der Waals surface area contributed by atoms with Crippen molar-refractivity contribution in [1.29, 1.82) is 0 Å². The van der Waals surface area contributed by atoms with Gasteiger partial charge in [-0.1, -0.05) is 25.5 Å². The molecule has 0 saturated heterocycles. The normalized spacial score (nSPS) is 14.6. The van der Waals surface area contributed by atoms with E-state index in [1.165, 1.54) is 0 Å². The molecule has 0 amide bonds. The number of aliphatic hydroxyl groups is 1. The number of hydrogen-bond acceptors (Lipinski definition) is 3. The van der Waals surface area contributed by atoms with Gasteiger partial charge in [-0.25, -0.2) is 0 Å². The Balaban J connectivity index is 3.08. The zero-order valence-corrected chi connectivity index (χ0v) is 12.0. The first-order valence-electron chi connectivity index (χ1n) is 6.59. The van der Waals surface area contributed by atoms with Crippen LogP contribution in [0.5, 0.6) is 5.75 Å². The van der Waals surface area contributed by atoms with E-state index in [0.717, 1.165) is 16.9 Å². The van der Waals surface area contributed by atoms with E-state index in [0.29, 0.717) is 12.5 Å². The van der Waals surface area contributed by atoms with E-state index < -0.39 is 6.10 Å². The maximum atomic E-state index is 10.5. The molecule has 1 aromatic carbocycles. The van der Waals surface area contributed by atoms with Gasteiger partial charge < -0.3 is 15.2 Å². The van der Waals surface area contributed by atoms with Gasteiger partial charge in [0.2, 0.25) is 0 Å². The lowest BCUT2D eigenvalue weighted by Crippen LogP contribution is -2.37. The minimum atomic E-state index is -0.559. The number of aliphatic hydroxyl groups excluding tert-OH is 1. The molecular weight excluding hydrogens is 226 g/mol. The van der Waals surface area contributed by atoms with Crippen LogP contribution in [0.15, 0.2) is 18.2 Å². The van der Waals surface area contributed by atoms with Gasteiger partial charge in [0, 0.05) is 11.6 Å². The molecule has 0 saturated carbocycles. The molecule has 1 rings (SSSR count). The number of hydrogen-bond donors (Lipinski definition) is 2. The molecule has 0 bridgehead atoms. The number of likely N-dealkylation sites (N-methyl/N-ethyl adjacent to an activating group) is 1. The minimum Gasteiger partial charge on any atom is -0.493 e. The second-order valence-corrected chi connectivity index (χ2v) is 4.98. The van der Waals surface area contributed by atoms with Crippen molar-refractivity contribution in [3.63, 3.8) is 0 Å². The molecule has 0 aliphatic heterocycles. The topological polar surface area (TPSA) is 41.5 Å². The van der Waals surface area contributed by atoms with Crippen LogP contribution in [0.3, 0.4) is 0 Å². The van der Waals surface area contributed by atoms with Crippen LogP contribution in [-0.2, 0) is 0 Å². The van der Waals surface area contributed by atoms with Crippen molar-refractivity contribution in [2.24, 2.45) is 5.92 Å². The first-order valence-corrected chi connectivity index (χ1v) is 6.59. The van der Waals surface area contributed by atoms with E-state index in [-0.39, 0.29) is 6.04 Å². The van der Waals surface area contributed by atoms with Crippen LogP contribution in [-0.4, -0.2) is 24.8 Å². The number of nitrogens with one attached hydrogen (secondary N) is 1. The van der Waals surface area contributed by atoms with E-state index in [4.69, 9.17) is 4.74 Å². The molecule has 0 radical (unpaired) electrons. The second-order valence-electron chi connectivity index (χ2n) is 4.98. The van der Waals surface area contributed by atoms with Gasteiger partial charge in [-0.3, -0.25) is 0 Å². The summed E-state index contributed by atoms with van der Waals surface area (Å²) in [5.74, 6) is 1.12. The molecule has 0 fully saturated rings. The van der Waals surface area contributed by atoms with E-state index in [2.05, 4.69) is 19.2 Å². The second kappa shape index (κ2) is 6.76. The Hall–Kier alpha value is -1.06. The van der Waals surface area contributed by atoms with Crippen LogP contribution in [0.25, 0.3) is 0 Å². The van der Waals surface area contributed by atoms with Gasteiger partial charge in [0.05, 0.1) is 12.7 Å². The largest absolute Gasteiger partial charge is 0.493 e. The Kier molecular flexibility index (Phi) is 5.63. The van der Waals surface area contributed by atoms with Crippen LogP contribution < -0.4 is 10.1 Å². The maximum absolute atomic E-state index is 10.5. The fourth-order valence-electron chi connectivity index (χ4n) is 2.24. The van der Waals surface area contributed by atoms with Crippen molar-refractivity contribution in [3.8, 4) is 5.75 Å². The molecule has 18 heavy (non-hydrogen) atoms. The van der Waals surface area contributed by atoms with Crippen molar-refractivity contribution < 1.29 is 9.84 Å². The first kappa shape index (κ1) is 15.0. The molecule has 1 aromatic rings.